The van der Waals surface area contributed by atoms with Crippen LogP contribution in [0.1, 0.15) is 16.7 Å². The summed E-state index contributed by atoms with van der Waals surface area (Å²) < 4.78 is 5.32. The maximum absolute atomic E-state index is 13.7. The molecular formula is C28H25N3O3S. The minimum atomic E-state index is -0.549. The summed E-state index contributed by atoms with van der Waals surface area (Å²) in [6, 6.07) is 24.4. The molecule has 35 heavy (non-hydrogen) atoms. The van der Waals surface area contributed by atoms with Crippen molar-refractivity contribution < 1.29 is 14.3 Å². The van der Waals surface area contributed by atoms with Crippen molar-refractivity contribution in [2.45, 2.75) is 25.5 Å². The maximum atomic E-state index is 13.7. The van der Waals surface area contributed by atoms with E-state index < -0.39 is 11.2 Å². The van der Waals surface area contributed by atoms with E-state index in [1.807, 2.05) is 74.5 Å². The lowest BCUT2D eigenvalue weighted by molar-refractivity contribution is -0.117. The average Bonchev–Trinajstić information content (AvgIpc) is 3.16. The van der Waals surface area contributed by atoms with Gasteiger partial charge in [0.25, 0.3) is 5.91 Å². The second-order valence-electron chi connectivity index (χ2n) is 8.23. The van der Waals surface area contributed by atoms with Gasteiger partial charge < -0.3 is 10.1 Å². The van der Waals surface area contributed by atoms with Gasteiger partial charge in [-0.1, -0.05) is 59.8 Å². The van der Waals surface area contributed by atoms with Crippen LogP contribution < -0.4 is 15.0 Å². The van der Waals surface area contributed by atoms with Crippen molar-refractivity contribution in [2.75, 3.05) is 17.3 Å². The molecule has 176 valence electrons. The number of carbonyl (C=O) groups is 2. The molecule has 0 radical (unpaired) electrons. The zero-order valence-corrected chi connectivity index (χ0v) is 20.6. The van der Waals surface area contributed by atoms with Crippen molar-refractivity contribution in [3.63, 3.8) is 0 Å². The van der Waals surface area contributed by atoms with Gasteiger partial charge in [-0.2, -0.15) is 5.26 Å². The smallest absolute Gasteiger partial charge is 0.269 e. The summed E-state index contributed by atoms with van der Waals surface area (Å²) in [6.45, 7) is 3.86. The summed E-state index contributed by atoms with van der Waals surface area (Å²) in [6.07, 6.45) is 0.435. The van der Waals surface area contributed by atoms with Gasteiger partial charge in [0.15, 0.2) is 0 Å². The Balaban J connectivity index is 1.73. The van der Waals surface area contributed by atoms with Crippen molar-refractivity contribution >= 4 is 35.0 Å². The van der Waals surface area contributed by atoms with E-state index in [0.29, 0.717) is 28.6 Å². The number of nitriles is 1. The Labute approximate surface area is 209 Å². The second kappa shape index (κ2) is 10.5. The molecule has 1 fully saturated rings. The van der Waals surface area contributed by atoms with E-state index in [1.165, 1.54) is 16.7 Å². The largest absolute Gasteiger partial charge is 0.497 e. The van der Waals surface area contributed by atoms with Crippen LogP contribution in [0.5, 0.6) is 5.75 Å². The zero-order valence-electron chi connectivity index (χ0n) is 19.7. The molecule has 1 N–H and O–H groups in total. The quantitative estimate of drug-likeness (QED) is 0.376. The van der Waals surface area contributed by atoms with E-state index >= 15 is 0 Å². The molecule has 2 amide bonds. The summed E-state index contributed by atoms with van der Waals surface area (Å²) >= 11 is 1.24. The van der Waals surface area contributed by atoms with Crippen LogP contribution in [0.4, 0.5) is 11.4 Å². The van der Waals surface area contributed by atoms with Gasteiger partial charge in [0, 0.05) is 5.69 Å². The lowest BCUT2D eigenvalue weighted by Crippen LogP contribution is -2.31. The van der Waals surface area contributed by atoms with E-state index in [-0.39, 0.29) is 11.5 Å². The number of hydrogen-bond donors (Lipinski definition) is 1. The van der Waals surface area contributed by atoms with E-state index in [9.17, 15) is 14.9 Å². The van der Waals surface area contributed by atoms with E-state index in [0.717, 1.165) is 16.7 Å². The molecule has 0 saturated carbocycles. The van der Waals surface area contributed by atoms with E-state index in [2.05, 4.69) is 11.4 Å². The predicted octanol–water partition coefficient (Wildman–Crippen LogP) is 5.38. The monoisotopic (exact) mass is 483 g/mol. The number of amides is 2. The lowest BCUT2D eigenvalue weighted by Gasteiger charge is -2.20. The van der Waals surface area contributed by atoms with Crippen LogP contribution in [0, 0.1) is 25.2 Å². The number of hydrogen-bond acceptors (Lipinski definition) is 5. The predicted molar refractivity (Wildman–Crippen MR) is 139 cm³/mol. The van der Waals surface area contributed by atoms with Crippen molar-refractivity contribution in [3.8, 4) is 11.8 Å². The van der Waals surface area contributed by atoms with Gasteiger partial charge in [-0.3, -0.25) is 14.5 Å². The van der Waals surface area contributed by atoms with Crippen LogP contribution in [0.2, 0.25) is 0 Å². The third-order valence-electron chi connectivity index (χ3n) is 5.73. The Morgan fingerprint density at radius 2 is 1.83 bits per heavy atom. The first-order valence-corrected chi connectivity index (χ1v) is 12.0. The Morgan fingerprint density at radius 3 is 2.51 bits per heavy atom. The molecule has 0 aliphatic carbocycles. The molecule has 0 aromatic heterocycles. The normalized spacial score (nSPS) is 16.6. The SMILES string of the molecule is COc1cccc(CC2S/C(=C(/C#N)C(=O)Nc3ccc(C)cc3)N(c3ccccc3C)C2=O)c1. The molecule has 3 aromatic carbocycles. The Morgan fingerprint density at radius 1 is 1.09 bits per heavy atom. The van der Waals surface area contributed by atoms with Gasteiger partial charge >= 0.3 is 0 Å². The number of methoxy groups -OCH3 is 1. The van der Waals surface area contributed by atoms with Gasteiger partial charge in [-0.25, -0.2) is 0 Å². The maximum Gasteiger partial charge on any atom is 0.269 e. The van der Waals surface area contributed by atoms with Gasteiger partial charge in [0.1, 0.15) is 22.4 Å². The molecule has 1 aliphatic heterocycles. The molecule has 1 atom stereocenters. The molecule has 1 aliphatic rings. The first kappa shape index (κ1) is 24.1. The van der Waals surface area contributed by atoms with Gasteiger partial charge in [-0.05, 0) is 61.7 Å². The summed E-state index contributed by atoms with van der Waals surface area (Å²) in [5.41, 5.74) is 4.01. The number of rotatable bonds is 6. The third-order valence-corrected chi connectivity index (χ3v) is 6.99. The van der Waals surface area contributed by atoms with E-state index in [4.69, 9.17) is 4.74 Å². The minimum Gasteiger partial charge on any atom is -0.497 e. The lowest BCUT2D eigenvalue weighted by atomic mass is 10.1. The molecule has 4 rings (SSSR count). The highest BCUT2D eigenvalue weighted by Crippen LogP contribution is 2.43. The topological polar surface area (TPSA) is 82.4 Å². The van der Waals surface area contributed by atoms with Crippen molar-refractivity contribution in [3.05, 3.63) is 100 Å². The van der Waals surface area contributed by atoms with Crippen LogP contribution in [-0.4, -0.2) is 24.2 Å². The third kappa shape index (κ3) is 5.23. The summed E-state index contributed by atoms with van der Waals surface area (Å²) in [5, 5.41) is 12.6. The number of aryl methyl sites for hydroxylation is 2. The van der Waals surface area contributed by atoms with Crippen LogP contribution in [0.15, 0.2) is 83.4 Å². The average molecular weight is 484 g/mol. The number of ether oxygens (including phenoxy) is 1. The zero-order chi connectivity index (χ0) is 24.9. The number of para-hydroxylation sites is 1. The van der Waals surface area contributed by atoms with Crippen molar-refractivity contribution in [1.29, 1.82) is 5.26 Å². The van der Waals surface area contributed by atoms with Crippen LogP contribution in [0.25, 0.3) is 0 Å². The van der Waals surface area contributed by atoms with Crippen molar-refractivity contribution in [2.24, 2.45) is 0 Å². The van der Waals surface area contributed by atoms with Gasteiger partial charge in [0.05, 0.1) is 18.0 Å². The number of nitrogens with zero attached hydrogens (tertiary/aromatic N) is 2. The fourth-order valence-electron chi connectivity index (χ4n) is 3.86. The standard InChI is InChI=1S/C28H25N3O3S/c1-18-11-13-21(14-12-18)30-26(32)23(17-29)28-31(24-10-5-4-7-19(24)2)27(33)25(35-28)16-20-8-6-9-22(15-20)34-3/h4-15,25H,16H2,1-3H3,(H,30,32)/b28-23-. The van der Waals surface area contributed by atoms with Crippen LogP contribution >= 0.6 is 11.8 Å². The molecule has 0 spiro atoms. The number of carbonyl (C=O) groups excluding carboxylic acids is 2. The molecule has 1 heterocycles. The molecule has 6 nitrogen and oxygen atoms in total. The summed E-state index contributed by atoms with van der Waals surface area (Å²) in [7, 11) is 1.60. The fraction of sp³-hybridized carbons (Fsp3) is 0.179. The molecule has 0 bridgehead atoms. The summed E-state index contributed by atoms with van der Waals surface area (Å²) in [4.78, 5) is 28.4. The number of benzene rings is 3. The van der Waals surface area contributed by atoms with E-state index in [1.54, 1.807) is 19.2 Å². The number of nitrogens with one attached hydrogen (secondary N) is 1. The fourth-order valence-corrected chi connectivity index (χ4v) is 5.17. The molecule has 1 saturated heterocycles. The highest BCUT2D eigenvalue weighted by molar-refractivity contribution is 8.05. The minimum absolute atomic E-state index is 0.0969. The van der Waals surface area contributed by atoms with Crippen molar-refractivity contribution in [1.82, 2.24) is 0 Å². The highest BCUT2D eigenvalue weighted by atomic mass is 32.2. The van der Waals surface area contributed by atoms with Crippen LogP contribution in [-0.2, 0) is 16.0 Å². The van der Waals surface area contributed by atoms with Crippen LogP contribution in [0.3, 0.4) is 0 Å². The second-order valence-corrected chi connectivity index (χ2v) is 9.43. The molecule has 7 heteroatoms. The number of anilines is 2. The van der Waals surface area contributed by atoms with Gasteiger partial charge in [0.2, 0.25) is 5.91 Å². The summed E-state index contributed by atoms with van der Waals surface area (Å²) in [5.74, 6) is -0.00932. The number of thioether (sulfide) groups is 1. The molecular weight excluding hydrogens is 458 g/mol. The van der Waals surface area contributed by atoms with Gasteiger partial charge in [-0.15, -0.1) is 0 Å². The Hall–Kier alpha value is -4.02. The molecule has 3 aromatic rings. The first-order valence-electron chi connectivity index (χ1n) is 11.1. The molecule has 1 unspecified atom stereocenters. The highest BCUT2D eigenvalue weighted by Gasteiger charge is 2.41. The Kier molecular flexibility index (Phi) is 7.23. The first-order chi connectivity index (χ1) is 16.9. The Bertz CT molecular complexity index is 1340.